The summed E-state index contributed by atoms with van der Waals surface area (Å²) in [6.07, 6.45) is 3.30. The summed E-state index contributed by atoms with van der Waals surface area (Å²) in [5, 5.41) is 9.65. The van der Waals surface area contributed by atoms with Gasteiger partial charge in [0.2, 0.25) is 0 Å². The third-order valence-electron chi connectivity index (χ3n) is 4.54. The van der Waals surface area contributed by atoms with E-state index in [-0.39, 0.29) is 23.6 Å². The van der Waals surface area contributed by atoms with Crippen LogP contribution in [-0.4, -0.2) is 35.4 Å². The predicted octanol–water partition coefficient (Wildman–Crippen LogP) is 3.23. The quantitative estimate of drug-likeness (QED) is 0.860. The lowest BCUT2D eigenvalue weighted by molar-refractivity contribution is 0.0810. The lowest BCUT2D eigenvalue weighted by Gasteiger charge is -2.38. The van der Waals surface area contributed by atoms with Gasteiger partial charge in [-0.1, -0.05) is 20.3 Å². The summed E-state index contributed by atoms with van der Waals surface area (Å²) in [6.45, 7) is 6.49. The van der Waals surface area contributed by atoms with E-state index in [1.54, 1.807) is 0 Å². The van der Waals surface area contributed by atoms with E-state index < -0.39 is 5.82 Å². The summed E-state index contributed by atoms with van der Waals surface area (Å²) >= 11 is 0. The van der Waals surface area contributed by atoms with Crippen molar-refractivity contribution in [2.75, 3.05) is 19.6 Å². The molecule has 1 aromatic carbocycles. The first-order chi connectivity index (χ1) is 9.43. The summed E-state index contributed by atoms with van der Waals surface area (Å²) < 4.78 is 13.2. The average Bonchev–Trinajstić information content (AvgIpc) is 2.44. The van der Waals surface area contributed by atoms with Crippen molar-refractivity contribution in [3.05, 3.63) is 29.6 Å². The van der Waals surface area contributed by atoms with Gasteiger partial charge in [-0.25, -0.2) is 4.39 Å². The maximum absolute atomic E-state index is 13.2. The van der Waals surface area contributed by atoms with Crippen molar-refractivity contribution in [2.24, 2.45) is 5.41 Å². The fourth-order valence-electron chi connectivity index (χ4n) is 2.62. The number of halogens is 1. The first-order valence-electron chi connectivity index (χ1n) is 7.17. The van der Waals surface area contributed by atoms with Crippen molar-refractivity contribution in [1.82, 2.24) is 4.90 Å². The number of carbonyl (C=O) groups excluding carboxylic acids is 1. The van der Waals surface area contributed by atoms with E-state index in [1.807, 2.05) is 0 Å². The molecule has 0 radical (unpaired) electrons. The number of hydrogen-bond donors (Lipinski definition) is 1. The van der Waals surface area contributed by atoms with Crippen molar-refractivity contribution in [3.8, 4) is 5.75 Å². The van der Waals surface area contributed by atoms with Crippen LogP contribution < -0.4 is 0 Å². The summed E-state index contributed by atoms with van der Waals surface area (Å²) in [4.78, 5) is 14.2. The monoisotopic (exact) mass is 279 g/mol. The van der Waals surface area contributed by atoms with Crippen LogP contribution in [0.1, 0.15) is 43.5 Å². The Labute approximate surface area is 119 Å². The molecule has 0 amide bonds. The third kappa shape index (κ3) is 3.37. The number of hydrogen-bond acceptors (Lipinski definition) is 3. The number of aromatic hydroxyl groups is 1. The molecule has 3 nitrogen and oxygen atoms in total. The lowest BCUT2D eigenvalue weighted by Crippen LogP contribution is -2.41. The van der Waals surface area contributed by atoms with Gasteiger partial charge < -0.3 is 5.11 Å². The Morgan fingerprint density at radius 2 is 2.05 bits per heavy atom. The number of benzene rings is 1. The summed E-state index contributed by atoms with van der Waals surface area (Å²) in [7, 11) is 0. The van der Waals surface area contributed by atoms with Gasteiger partial charge in [0.15, 0.2) is 5.78 Å². The molecule has 20 heavy (non-hydrogen) atoms. The highest BCUT2D eigenvalue weighted by Crippen LogP contribution is 2.34. The van der Waals surface area contributed by atoms with Gasteiger partial charge in [-0.2, -0.15) is 0 Å². The van der Waals surface area contributed by atoms with Crippen LogP contribution in [0.5, 0.6) is 5.75 Å². The number of phenolic OH excluding ortho intramolecular Hbond substituents is 1. The molecular weight excluding hydrogens is 257 g/mol. The second-order valence-electron chi connectivity index (χ2n) is 6.03. The molecule has 1 saturated heterocycles. The van der Waals surface area contributed by atoms with E-state index in [0.717, 1.165) is 44.5 Å². The highest BCUT2D eigenvalue weighted by atomic mass is 19.1. The summed E-state index contributed by atoms with van der Waals surface area (Å²) in [5.74, 6) is -0.864. The van der Waals surface area contributed by atoms with E-state index in [4.69, 9.17) is 0 Å². The Kier molecular flexibility index (Phi) is 4.43. The minimum atomic E-state index is -0.497. The van der Waals surface area contributed by atoms with Crippen molar-refractivity contribution >= 4 is 5.78 Å². The second-order valence-corrected chi connectivity index (χ2v) is 6.03. The van der Waals surface area contributed by atoms with Crippen molar-refractivity contribution < 1.29 is 14.3 Å². The number of rotatable bonds is 4. The van der Waals surface area contributed by atoms with Crippen LogP contribution in [0.15, 0.2) is 18.2 Å². The summed E-state index contributed by atoms with van der Waals surface area (Å²) in [6, 6.07) is 3.49. The molecular formula is C16H22FNO2. The van der Waals surface area contributed by atoms with Crippen LogP contribution in [0, 0.1) is 11.2 Å². The highest BCUT2D eigenvalue weighted by molar-refractivity contribution is 6.00. The SMILES string of the molecule is CCC1(C)CCN(CC(=O)c2cc(F)ccc2O)CC1. The molecule has 1 aliphatic rings. The Bertz CT molecular complexity index is 493. The van der Waals surface area contributed by atoms with Gasteiger partial charge in [-0.15, -0.1) is 0 Å². The Morgan fingerprint density at radius 1 is 1.40 bits per heavy atom. The molecule has 1 aliphatic heterocycles. The van der Waals surface area contributed by atoms with Crippen molar-refractivity contribution in [3.63, 3.8) is 0 Å². The second kappa shape index (κ2) is 5.92. The van der Waals surface area contributed by atoms with Crippen LogP contribution in [0.25, 0.3) is 0 Å². The Morgan fingerprint density at radius 3 is 2.65 bits per heavy atom. The number of likely N-dealkylation sites (tertiary alicyclic amines) is 1. The first-order valence-corrected chi connectivity index (χ1v) is 7.17. The standard InChI is InChI=1S/C16H22FNO2/c1-3-16(2)6-8-18(9-7-16)11-15(20)13-10-12(17)4-5-14(13)19/h4-5,10,19H,3,6-9,11H2,1-2H3. The van der Waals surface area contributed by atoms with E-state index in [0.29, 0.717) is 5.41 Å². The smallest absolute Gasteiger partial charge is 0.180 e. The van der Waals surface area contributed by atoms with Crippen LogP contribution in [-0.2, 0) is 0 Å². The van der Waals surface area contributed by atoms with E-state index in [9.17, 15) is 14.3 Å². The molecule has 0 atom stereocenters. The van der Waals surface area contributed by atoms with Crippen LogP contribution in [0.2, 0.25) is 0 Å². The molecule has 0 saturated carbocycles. The van der Waals surface area contributed by atoms with Gasteiger partial charge >= 0.3 is 0 Å². The summed E-state index contributed by atoms with van der Waals surface area (Å²) in [5.41, 5.74) is 0.453. The van der Waals surface area contributed by atoms with Gasteiger partial charge in [0.05, 0.1) is 12.1 Å². The van der Waals surface area contributed by atoms with Crippen molar-refractivity contribution in [2.45, 2.75) is 33.1 Å². The van der Waals surface area contributed by atoms with Crippen molar-refractivity contribution in [1.29, 1.82) is 0 Å². The molecule has 2 rings (SSSR count). The van der Waals surface area contributed by atoms with Gasteiger partial charge in [0.1, 0.15) is 11.6 Å². The highest BCUT2D eigenvalue weighted by Gasteiger charge is 2.29. The zero-order valence-corrected chi connectivity index (χ0v) is 12.2. The topological polar surface area (TPSA) is 40.5 Å². The van der Waals surface area contributed by atoms with Gasteiger partial charge in [0, 0.05) is 0 Å². The molecule has 4 heteroatoms. The zero-order valence-electron chi connectivity index (χ0n) is 12.2. The average molecular weight is 279 g/mol. The van der Waals surface area contributed by atoms with Gasteiger partial charge in [0.25, 0.3) is 0 Å². The molecule has 0 aliphatic carbocycles. The first kappa shape index (κ1) is 15.0. The third-order valence-corrected chi connectivity index (χ3v) is 4.54. The normalized spacial score (nSPS) is 18.9. The largest absolute Gasteiger partial charge is 0.507 e. The maximum Gasteiger partial charge on any atom is 0.180 e. The fraction of sp³-hybridized carbons (Fsp3) is 0.562. The number of nitrogens with zero attached hydrogens (tertiary/aromatic N) is 1. The number of carbonyl (C=O) groups is 1. The predicted molar refractivity (Wildman–Crippen MR) is 76.5 cm³/mol. The maximum atomic E-state index is 13.2. The van der Waals surface area contributed by atoms with E-state index in [2.05, 4.69) is 18.7 Å². The number of piperidine rings is 1. The molecule has 0 bridgehead atoms. The van der Waals surface area contributed by atoms with E-state index >= 15 is 0 Å². The molecule has 1 fully saturated rings. The van der Waals surface area contributed by atoms with Gasteiger partial charge in [-0.3, -0.25) is 9.69 Å². The van der Waals surface area contributed by atoms with Gasteiger partial charge in [-0.05, 0) is 49.5 Å². The molecule has 0 spiro atoms. The molecule has 110 valence electrons. The van der Waals surface area contributed by atoms with E-state index in [1.165, 1.54) is 6.07 Å². The molecule has 1 N–H and O–H groups in total. The Balaban J connectivity index is 1.98. The van der Waals surface area contributed by atoms with Crippen LogP contribution >= 0.6 is 0 Å². The number of phenols is 1. The molecule has 1 heterocycles. The van der Waals surface area contributed by atoms with Crippen LogP contribution in [0.3, 0.4) is 0 Å². The molecule has 0 unspecified atom stereocenters. The fourth-order valence-corrected chi connectivity index (χ4v) is 2.62. The minimum absolute atomic E-state index is 0.0776. The molecule has 0 aromatic heterocycles. The number of ketones is 1. The Hall–Kier alpha value is -1.42. The number of Topliss-reactive ketones (excluding diaryl/α,β-unsaturated/α-hetero) is 1. The van der Waals surface area contributed by atoms with Crippen LogP contribution in [0.4, 0.5) is 4.39 Å². The zero-order chi connectivity index (χ0) is 14.8. The minimum Gasteiger partial charge on any atom is -0.507 e. The molecule has 1 aromatic rings. The lowest BCUT2D eigenvalue weighted by atomic mass is 9.78.